The maximum absolute atomic E-state index is 6.03. The summed E-state index contributed by atoms with van der Waals surface area (Å²) in [6.45, 7) is 2.36. The number of nitrogens with zero attached hydrogens (tertiary/aromatic N) is 4. The average molecular weight is 287 g/mol. The van der Waals surface area contributed by atoms with E-state index in [1.54, 1.807) is 10.9 Å². The van der Waals surface area contributed by atoms with Crippen molar-refractivity contribution in [3.05, 3.63) is 36.4 Å². The van der Waals surface area contributed by atoms with Crippen molar-refractivity contribution in [2.45, 2.75) is 25.5 Å². The molecule has 2 aromatic heterocycles. The van der Waals surface area contributed by atoms with Gasteiger partial charge in [-0.15, -0.1) is 0 Å². The minimum atomic E-state index is 0.247. The highest BCUT2D eigenvalue weighted by Crippen LogP contribution is 2.23. The summed E-state index contributed by atoms with van der Waals surface area (Å²) in [5, 5.41) is 4.29. The summed E-state index contributed by atoms with van der Waals surface area (Å²) in [5.41, 5.74) is 8.01. The summed E-state index contributed by atoms with van der Waals surface area (Å²) in [7, 11) is 1.89. The Bertz CT molecular complexity index is 597. The topological polar surface area (TPSA) is 69.2 Å². The van der Waals surface area contributed by atoms with E-state index in [0.29, 0.717) is 6.61 Å². The molecule has 1 fully saturated rings. The van der Waals surface area contributed by atoms with Gasteiger partial charge in [0.2, 0.25) is 0 Å². The van der Waals surface area contributed by atoms with Gasteiger partial charge in [0.25, 0.3) is 0 Å². The van der Waals surface area contributed by atoms with Gasteiger partial charge in [0.05, 0.1) is 23.8 Å². The van der Waals surface area contributed by atoms with E-state index in [-0.39, 0.29) is 6.04 Å². The molecule has 3 heterocycles. The number of ether oxygens (including phenoxy) is 1. The van der Waals surface area contributed by atoms with E-state index < -0.39 is 0 Å². The molecule has 1 unspecified atom stereocenters. The second kappa shape index (κ2) is 6.13. The minimum absolute atomic E-state index is 0.247. The fraction of sp³-hybridized carbons (Fsp3) is 0.467. The minimum Gasteiger partial charge on any atom is -0.486 e. The van der Waals surface area contributed by atoms with Crippen molar-refractivity contribution in [1.82, 2.24) is 14.8 Å². The molecule has 2 aromatic rings. The van der Waals surface area contributed by atoms with Crippen molar-refractivity contribution in [3.63, 3.8) is 0 Å². The molecule has 1 saturated heterocycles. The van der Waals surface area contributed by atoms with Crippen LogP contribution in [0.3, 0.4) is 0 Å². The van der Waals surface area contributed by atoms with Crippen LogP contribution in [0.4, 0.5) is 5.69 Å². The molecule has 0 amide bonds. The summed E-state index contributed by atoms with van der Waals surface area (Å²) in [6, 6.07) is 4.21. The van der Waals surface area contributed by atoms with Crippen molar-refractivity contribution in [1.29, 1.82) is 0 Å². The van der Waals surface area contributed by atoms with Crippen molar-refractivity contribution in [2.75, 3.05) is 18.0 Å². The molecule has 0 aliphatic carbocycles. The van der Waals surface area contributed by atoms with E-state index in [0.717, 1.165) is 43.1 Å². The van der Waals surface area contributed by atoms with Gasteiger partial charge in [-0.3, -0.25) is 9.67 Å². The number of nitrogens with two attached hydrogens (primary N) is 1. The molecule has 21 heavy (non-hydrogen) atoms. The molecule has 0 spiro atoms. The predicted molar refractivity (Wildman–Crippen MR) is 81.2 cm³/mol. The standard InChI is InChI=1S/C15H21N5O/c1-19-6-4-13(18-19)11-21-15-7-14(8-17-9-15)20-5-2-3-12(16)10-20/h4,6-9,12H,2-3,5,10-11,16H2,1H3. The van der Waals surface area contributed by atoms with Crippen LogP contribution in [0.25, 0.3) is 0 Å². The van der Waals surface area contributed by atoms with E-state index in [1.165, 1.54) is 0 Å². The Morgan fingerprint density at radius 1 is 1.43 bits per heavy atom. The molecule has 0 aromatic carbocycles. The molecular weight excluding hydrogens is 266 g/mol. The first-order valence-electron chi connectivity index (χ1n) is 7.27. The van der Waals surface area contributed by atoms with Gasteiger partial charge in [-0.05, 0) is 18.9 Å². The van der Waals surface area contributed by atoms with Crippen LogP contribution >= 0.6 is 0 Å². The first-order valence-corrected chi connectivity index (χ1v) is 7.27. The largest absolute Gasteiger partial charge is 0.486 e. The number of rotatable bonds is 4. The molecule has 3 rings (SSSR count). The van der Waals surface area contributed by atoms with E-state index in [2.05, 4.69) is 15.0 Å². The van der Waals surface area contributed by atoms with Gasteiger partial charge in [-0.1, -0.05) is 0 Å². The van der Waals surface area contributed by atoms with Crippen LogP contribution in [-0.2, 0) is 13.7 Å². The van der Waals surface area contributed by atoms with Crippen LogP contribution in [0.15, 0.2) is 30.7 Å². The molecule has 6 heteroatoms. The fourth-order valence-electron chi connectivity index (χ4n) is 2.60. The van der Waals surface area contributed by atoms with Crippen molar-refractivity contribution in [2.24, 2.45) is 12.8 Å². The lowest BCUT2D eigenvalue weighted by Crippen LogP contribution is -2.42. The average Bonchev–Trinajstić information content (AvgIpc) is 2.91. The van der Waals surface area contributed by atoms with E-state index >= 15 is 0 Å². The Morgan fingerprint density at radius 3 is 3.10 bits per heavy atom. The SMILES string of the molecule is Cn1ccc(COc2cncc(N3CCCC(N)C3)c2)n1. The number of hydrogen-bond donors (Lipinski definition) is 1. The van der Waals surface area contributed by atoms with Crippen molar-refractivity contribution < 1.29 is 4.74 Å². The van der Waals surface area contributed by atoms with Crippen LogP contribution in [0.1, 0.15) is 18.5 Å². The molecule has 6 nitrogen and oxygen atoms in total. The zero-order valence-corrected chi connectivity index (χ0v) is 12.3. The lowest BCUT2D eigenvalue weighted by Gasteiger charge is -2.32. The van der Waals surface area contributed by atoms with Gasteiger partial charge < -0.3 is 15.4 Å². The Hall–Kier alpha value is -2.08. The van der Waals surface area contributed by atoms with E-state index in [9.17, 15) is 0 Å². The first-order chi connectivity index (χ1) is 10.2. The predicted octanol–water partition coefficient (Wildman–Crippen LogP) is 1.32. The second-order valence-electron chi connectivity index (χ2n) is 5.50. The molecule has 1 atom stereocenters. The fourth-order valence-corrected chi connectivity index (χ4v) is 2.60. The Labute approximate surface area is 124 Å². The number of anilines is 1. The number of aromatic nitrogens is 3. The molecule has 1 aliphatic rings. The number of piperidine rings is 1. The van der Waals surface area contributed by atoms with E-state index in [4.69, 9.17) is 10.5 Å². The van der Waals surface area contributed by atoms with Crippen LogP contribution in [0.2, 0.25) is 0 Å². The van der Waals surface area contributed by atoms with E-state index in [1.807, 2.05) is 31.6 Å². The number of hydrogen-bond acceptors (Lipinski definition) is 5. The summed E-state index contributed by atoms with van der Waals surface area (Å²) < 4.78 is 7.53. The Balaban J connectivity index is 1.65. The number of aryl methyl sites for hydroxylation is 1. The molecule has 2 N–H and O–H groups in total. The van der Waals surface area contributed by atoms with Crippen molar-refractivity contribution >= 4 is 5.69 Å². The summed E-state index contributed by atoms with van der Waals surface area (Å²) in [6.07, 6.45) is 7.73. The molecule has 0 radical (unpaired) electrons. The quantitative estimate of drug-likeness (QED) is 0.918. The van der Waals surface area contributed by atoms with Crippen LogP contribution < -0.4 is 15.4 Å². The zero-order chi connectivity index (χ0) is 14.7. The zero-order valence-electron chi connectivity index (χ0n) is 12.3. The smallest absolute Gasteiger partial charge is 0.140 e. The van der Waals surface area contributed by atoms with Crippen LogP contribution in [0, 0.1) is 0 Å². The van der Waals surface area contributed by atoms with Crippen LogP contribution in [-0.4, -0.2) is 33.9 Å². The van der Waals surface area contributed by atoms with Gasteiger partial charge in [-0.25, -0.2) is 0 Å². The van der Waals surface area contributed by atoms with Crippen LogP contribution in [0.5, 0.6) is 5.75 Å². The molecule has 1 aliphatic heterocycles. The molecule has 0 saturated carbocycles. The van der Waals surface area contributed by atoms with Gasteiger partial charge in [0.1, 0.15) is 12.4 Å². The molecular formula is C15H21N5O. The highest BCUT2D eigenvalue weighted by Gasteiger charge is 2.17. The maximum Gasteiger partial charge on any atom is 0.140 e. The highest BCUT2D eigenvalue weighted by atomic mass is 16.5. The first kappa shape index (κ1) is 13.9. The highest BCUT2D eigenvalue weighted by molar-refractivity contribution is 5.48. The van der Waals surface area contributed by atoms with Gasteiger partial charge >= 0.3 is 0 Å². The monoisotopic (exact) mass is 287 g/mol. The lowest BCUT2D eigenvalue weighted by molar-refractivity contribution is 0.299. The van der Waals surface area contributed by atoms with Gasteiger partial charge in [0, 0.05) is 38.4 Å². The van der Waals surface area contributed by atoms with Gasteiger partial charge in [-0.2, -0.15) is 5.10 Å². The summed E-state index contributed by atoms with van der Waals surface area (Å²) >= 11 is 0. The molecule has 0 bridgehead atoms. The Morgan fingerprint density at radius 2 is 2.33 bits per heavy atom. The third-order valence-electron chi connectivity index (χ3n) is 3.68. The van der Waals surface area contributed by atoms with Crippen molar-refractivity contribution in [3.8, 4) is 5.75 Å². The molecule has 112 valence electrons. The second-order valence-corrected chi connectivity index (χ2v) is 5.50. The third kappa shape index (κ3) is 3.52. The number of pyridine rings is 1. The maximum atomic E-state index is 6.03. The third-order valence-corrected chi connectivity index (χ3v) is 3.68. The normalized spacial score (nSPS) is 18.8. The van der Waals surface area contributed by atoms with Gasteiger partial charge in [0.15, 0.2) is 0 Å². The summed E-state index contributed by atoms with van der Waals surface area (Å²) in [5.74, 6) is 0.761. The Kier molecular flexibility index (Phi) is 4.06. The lowest BCUT2D eigenvalue weighted by atomic mass is 10.1. The summed E-state index contributed by atoms with van der Waals surface area (Å²) in [4.78, 5) is 6.54.